The number of carbonyl (C=O) groups is 1. The molecule has 0 atom stereocenters. The van der Waals surface area contributed by atoms with Crippen LogP contribution in [0.15, 0.2) is 84.9 Å². The highest BCUT2D eigenvalue weighted by Crippen LogP contribution is 2.36. The van der Waals surface area contributed by atoms with E-state index in [0.717, 1.165) is 22.0 Å². The van der Waals surface area contributed by atoms with Crippen molar-refractivity contribution in [2.75, 3.05) is 18.7 Å². The number of nitrogens with zero attached hydrogens (tertiary/aromatic N) is 3. The summed E-state index contributed by atoms with van der Waals surface area (Å²) >= 11 is 0. The summed E-state index contributed by atoms with van der Waals surface area (Å²) in [7, 11) is 0. The summed E-state index contributed by atoms with van der Waals surface area (Å²) in [5.74, 6) is 1.79. The highest BCUT2D eigenvalue weighted by Gasteiger charge is 2.19. The van der Waals surface area contributed by atoms with E-state index in [1.807, 2.05) is 91.9 Å². The number of benzene rings is 4. The number of amides is 1. The summed E-state index contributed by atoms with van der Waals surface area (Å²) in [5, 5.41) is 9.46. The van der Waals surface area contributed by atoms with E-state index in [9.17, 15) is 4.79 Å². The number of fused-ring (bicyclic) bond motifs is 2. The minimum Gasteiger partial charge on any atom is -0.463 e. The first-order chi connectivity index (χ1) is 17.7. The Bertz CT molecular complexity index is 1570. The van der Waals surface area contributed by atoms with Crippen molar-refractivity contribution < 1.29 is 19.0 Å². The Labute approximate surface area is 207 Å². The topological polar surface area (TPSA) is 87.5 Å². The van der Waals surface area contributed by atoms with Gasteiger partial charge in [-0.1, -0.05) is 36.4 Å². The van der Waals surface area contributed by atoms with E-state index < -0.39 is 0 Å². The highest BCUT2D eigenvalue weighted by molar-refractivity contribution is 6.12. The van der Waals surface area contributed by atoms with Crippen molar-refractivity contribution >= 4 is 22.4 Å². The molecule has 178 valence electrons. The third-order valence-corrected chi connectivity index (χ3v) is 5.90. The Balaban J connectivity index is 1.29. The van der Waals surface area contributed by atoms with Crippen LogP contribution in [0.2, 0.25) is 0 Å². The number of nitrogens with one attached hydrogen (secondary N) is 1. The predicted octanol–water partition coefficient (Wildman–Crippen LogP) is 5.47. The zero-order chi connectivity index (χ0) is 24.5. The normalized spacial score (nSPS) is 12.0. The molecule has 1 aliphatic heterocycles. The first-order valence-corrected chi connectivity index (χ1v) is 11.6. The van der Waals surface area contributed by atoms with Crippen LogP contribution in [0, 0.1) is 0 Å². The van der Waals surface area contributed by atoms with Crippen LogP contribution in [-0.4, -0.2) is 34.1 Å². The quantitative estimate of drug-likeness (QED) is 0.348. The molecule has 0 unspecified atom stereocenters. The summed E-state index contributed by atoms with van der Waals surface area (Å²) in [5.41, 5.74) is 2.88. The molecule has 8 nitrogen and oxygen atoms in total. The maximum atomic E-state index is 13.0. The fourth-order valence-electron chi connectivity index (χ4n) is 4.19. The largest absolute Gasteiger partial charge is 0.463 e. The van der Waals surface area contributed by atoms with Crippen LogP contribution in [0.1, 0.15) is 17.3 Å². The second-order valence-corrected chi connectivity index (χ2v) is 8.16. The molecule has 1 amide bonds. The van der Waals surface area contributed by atoms with E-state index in [4.69, 9.17) is 14.2 Å². The maximum Gasteiger partial charge on any atom is 0.336 e. The Morgan fingerprint density at radius 1 is 0.972 bits per heavy atom. The molecule has 0 bridgehead atoms. The number of carbonyl (C=O) groups excluding carboxylic acids is 1. The number of hydrogen-bond donors (Lipinski definition) is 1. The van der Waals surface area contributed by atoms with Crippen LogP contribution in [-0.2, 0) is 0 Å². The third-order valence-electron chi connectivity index (χ3n) is 5.90. The standard InChI is InChI=1S/C28H22N4O4/c1-2-34-28-30-26(19-10-15-24-25(16-19)36-17-35-24)32(31-28)21-13-11-20(12-14-21)29-27(33)23-9-5-7-18-6-3-4-8-22(18)23/h3-16H,2,17H2,1H3,(H,29,33). The van der Waals surface area contributed by atoms with Crippen LogP contribution in [0.3, 0.4) is 0 Å². The third kappa shape index (κ3) is 3.98. The lowest BCUT2D eigenvalue weighted by atomic mass is 10.0. The lowest BCUT2D eigenvalue weighted by Crippen LogP contribution is -2.12. The molecule has 4 aromatic carbocycles. The van der Waals surface area contributed by atoms with E-state index >= 15 is 0 Å². The molecule has 8 heteroatoms. The summed E-state index contributed by atoms with van der Waals surface area (Å²) in [6.07, 6.45) is 0. The van der Waals surface area contributed by atoms with Crippen molar-refractivity contribution in [2.45, 2.75) is 6.92 Å². The van der Waals surface area contributed by atoms with Gasteiger partial charge in [0.05, 0.1) is 12.3 Å². The van der Waals surface area contributed by atoms with Gasteiger partial charge in [0.2, 0.25) is 6.79 Å². The zero-order valence-electron chi connectivity index (χ0n) is 19.5. The van der Waals surface area contributed by atoms with E-state index in [1.165, 1.54) is 0 Å². The van der Waals surface area contributed by atoms with E-state index in [-0.39, 0.29) is 18.7 Å². The lowest BCUT2D eigenvalue weighted by molar-refractivity contribution is 0.102. The molecule has 1 aromatic heterocycles. The van der Waals surface area contributed by atoms with Crippen LogP contribution in [0.4, 0.5) is 5.69 Å². The van der Waals surface area contributed by atoms with Gasteiger partial charge in [0.1, 0.15) is 0 Å². The maximum absolute atomic E-state index is 13.0. The van der Waals surface area contributed by atoms with Gasteiger partial charge in [0, 0.05) is 16.8 Å². The lowest BCUT2D eigenvalue weighted by Gasteiger charge is -2.10. The first kappa shape index (κ1) is 21.7. The fraction of sp³-hybridized carbons (Fsp3) is 0.107. The molecule has 0 aliphatic carbocycles. The molecule has 1 N–H and O–H groups in total. The van der Waals surface area contributed by atoms with Crippen LogP contribution >= 0.6 is 0 Å². The number of ether oxygens (including phenoxy) is 3. The SMILES string of the molecule is CCOc1nc(-c2ccc3c(c2)OCO3)n(-c2ccc(NC(=O)c3cccc4ccccc34)cc2)n1. The zero-order valence-corrected chi connectivity index (χ0v) is 19.5. The molecule has 0 fully saturated rings. The van der Waals surface area contributed by atoms with Crippen molar-refractivity contribution in [1.82, 2.24) is 14.8 Å². The molecule has 6 rings (SSSR count). The van der Waals surface area contributed by atoms with Gasteiger partial charge in [-0.25, -0.2) is 4.68 Å². The van der Waals surface area contributed by atoms with Gasteiger partial charge in [-0.2, -0.15) is 4.98 Å². The van der Waals surface area contributed by atoms with Crippen molar-refractivity contribution in [3.63, 3.8) is 0 Å². The molecular formula is C28H22N4O4. The van der Waals surface area contributed by atoms with Crippen LogP contribution < -0.4 is 19.5 Å². The first-order valence-electron chi connectivity index (χ1n) is 11.6. The average Bonchev–Trinajstić information content (AvgIpc) is 3.56. The minimum absolute atomic E-state index is 0.167. The molecule has 0 radical (unpaired) electrons. The van der Waals surface area contributed by atoms with Crippen molar-refractivity contribution in [2.24, 2.45) is 0 Å². The Morgan fingerprint density at radius 2 is 1.78 bits per heavy atom. The molecule has 1 aliphatic rings. The van der Waals surface area contributed by atoms with Crippen LogP contribution in [0.25, 0.3) is 27.8 Å². The highest BCUT2D eigenvalue weighted by atomic mass is 16.7. The van der Waals surface area contributed by atoms with Crippen molar-refractivity contribution in [3.8, 4) is 34.6 Å². The van der Waals surface area contributed by atoms with Gasteiger partial charge in [-0.05, 0) is 66.2 Å². The smallest absolute Gasteiger partial charge is 0.336 e. The van der Waals surface area contributed by atoms with Crippen molar-refractivity contribution in [3.05, 3.63) is 90.5 Å². The van der Waals surface area contributed by atoms with Crippen LogP contribution in [0.5, 0.6) is 17.5 Å². The van der Waals surface area contributed by atoms with Gasteiger partial charge in [-0.3, -0.25) is 4.79 Å². The Hall–Kier alpha value is -4.85. The molecule has 0 spiro atoms. The van der Waals surface area contributed by atoms with Gasteiger partial charge in [-0.15, -0.1) is 5.10 Å². The summed E-state index contributed by atoms with van der Waals surface area (Å²) < 4.78 is 18.2. The number of anilines is 1. The minimum atomic E-state index is -0.167. The van der Waals surface area contributed by atoms with Crippen molar-refractivity contribution in [1.29, 1.82) is 0 Å². The molecule has 0 saturated carbocycles. The monoisotopic (exact) mass is 478 g/mol. The van der Waals surface area contributed by atoms with E-state index in [1.54, 1.807) is 4.68 Å². The summed E-state index contributed by atoms with van der Waals surface area (Å²) in [6.45, 7) is 2.53. The predicted molar refractivity (Wildman–Crippen MR) is 136 cm³/mol. The number of hydrogen-bond acceptors (Lipinski definition) is 6. The Morgan fingerprint density at radius 3 is 2.64 bits per heavy atom. The van der Waals surface area contributed by atoms with E-state index in [0.29, 0.717) is 35.2 Å². The average molecular weight is 479 g/mol. The number of rotatable bonds is 6. The van der Waals surface area contributed by atoms with Gasteiger partial charge in [0.15, 0.2) is 17.3 Å². The fourth-order valence-corrected chi connectivity index (χ4v) is 4.19. The summed E-state index contributed by atoms with van der Waals surface area (Å²) in [6, 6.07) is 26.9. The molecule has 0 saturated heterocycles. The second kappa shape index (κ2) is 9.07. The molecule has 5 aromatic rings. The molecular weight excluding hydrogens is 456 g/mol. The second-order valence-electron chi connectivity index (χ2n) is 8.16. The van der Waals surface area contributed by atoms with Gasteiger partial charge < -0.3 is 19.5 Å². The molecule has 36 heavy (non-hydrogen) atoms. The summed E-state index contributed by atoms with van der Waals surface area (Å²) in [4.78, 5) is 17.6. The van der Waals surface area contributed by atoms with E-state index in [2.05, 4.69) is 15.4 Å². The number of aromatic nitrogens is 3. The molecule has 2 heterocycles. The van der Waals surface area contributed by atoms with Gasteiger partial charge in [0.25, 0.3) is 5.91 Å². The Kier molecular flexibility index (Phi) is 5.46. The van der Waals surface area contributed by atoms with Gasteiger partial charge >= 0.3 is 6.01 Å².